The molecule has 0 saturated carbocycles. The molecule has 1 aromatic heterocycles. The van der Waals surface area contributed by atoms with Crippen molar-refractivity contribution in [2.24, 2.45) is 0 Å². The Hall–Kier alpha value is -2.54. The Kier molecular flexibility index (Phi) is 5.55. The molecule has 7 heteroatoms. The van der Waals surface area contributed by atoms with Gasteiger partial charge in [-0.3, -0.25) is 14.4 Å². The fraction of sp³-hybridized carbons (Fsp3) is 0.333. The summed E-state index contributed by atoms with van der Waals surface area (Å²) in [6, 6.07) is 9.44. The third-order valence-corrected chi connectivity index (χ3v) is 4.95. The van der Waals surface area contributed by atoms with Crippen molar-refractivity contribution in [2.75, 3.05) is 11.9 Å². The summed E-state index contributed by atoms with van der Waals surface area (Å²) < 4.78 is 0. The zero-order valence-electron chi connectivity index (χ0n) is 13.7. The molecule has 25 heavy (non-hydrogen) atoms. The largest absolute Gasteiger partial charge is 0.355 e. The van der Waals surface area contributed by atoms with Crippen LogP contribution in [-0.4, -0.2) is 29.1 Å². The van der Waals surface area contributed by atoms with Crippen LogP contribution in [0.15, 0.2) is 30.3 Å². The molecule has 6 nitrogen and oxygen atoms in total. The maximum atomic E-state index is 12.0. The van der Waals surface area contributed by atoms with Gasteiger partial charge in [-0.15, -0.1) is 0 Å². The third-order valence-electron chi connectivity index (χ3n) is 3.90. The number of ketones is 1. The van der Waals surface area contributed by atoms with E-state index in [-0.39, 0.29) is 30.6 Å². The van der Waals surface area contributed by atoms with Gasteiger partial charge in [0, 0.05) is 19.4 Å². The molecule has 0 bridgehead atoms. The van der Waals surface area contributed by atoms with Crippen LogP contribution in [0.3, 0.4) is 0 Å². The molecule has 130 valence electrons. The summed E-state index contributed by atoms with van der Waals surface area (Å²) in [7, 11) is 0. The second-order valence-corrected chi connectivity index (χ2v) is 6.88. The van der Waals surface area contributed by atoms with Crippen LogP contribution in [0, 0.1) is 0 Å². The lowest BCUT2D eigenvalue weighted by Crippen LogP contribution is -2.28. The maximum Gasteiger partial charge on any atom is 0.227 e. The summed E-state index contributed by atoms with van der Waals surface area (Å²) in [6.07, 6.45) is 2.61. The smallest absolute Gasteiger partial charge is 0.227 e. The van der Waals surface area contributed by atoms with Crippen LogP contribution in [0.4, 0.5) is 5.13 Å². The molecule has 0 radical (unpaired) electrons. The van der Waals surface area contributed by atoms with E-state index >= 15 is 0 Å². The topological polar surface area (TPSA) is 88.2 Å². The predicted octanol–water partition coefficient (Wildman–Crippen LogP) is 2.35. The Morgan fingerprint density at radius 1 is 1.12 bits per heavy atom. The molecule has 1 heterocycles. The number of amides is 2. The Morgan fingerprint density at radius 3 is 2.68 bits per heavy atom. The van der Waals surface area contributed by atoms with Crippen LogP contribution < -0.4 is 10.6 Å². The highest BCUT2D eigenvalue weighted by molar-refractivity contribution is 7.17. The summed E-state index contributed by atoms with van der Waals surface area (Å²) >= 11 is 1.23. The Balaban J connectivity index is 1.42. The van der Waals surface area contributed by atoms with Crippen molar-refractivity contribution in [2.45, 2.75) is 32.1 Å². The van der Waals surface area contributed by atoms with Gasteiger partial charge in [0.1, 0.15) is 0 Å². The molecule has 0 aliphatic heterocycles. The first-order chi connectivity index (χ1) is 12.1. The number of Topliss-reactive ketones (excluding diaryl/α,β-unsaturated/α-hetero) is 1. The van der Waals surface area contributed by atoms with E-state index in [1.165, 1.54) is 11.3 Å². The molecule has 3 rings (SSSR count). The minimum atomic E-state index is -0.224. The van der Waals surface area contributed by atoms with Crippen molar-refractivity contribution in [1.82, 2.24) is 10.3 Å². The number of hydrogen-bond acceptors (Lipinski definition) is 5. The van der Waals surface area contributed by atoms with Crippen molar-refractivity contribution in [3.05, 3.63) is 46.5 Å². The van der Waals surface area contributed by atoms with Gasteiger partial charge in [0.25, 0.3) is 0 Å². The zero-order chi connectivity index (χ0) is 17.6. The quantitative estimate of drug-likeness (QED) is 0.831. The standard InChI is InChI=1S/C18H19N3O3S/c22-14-8-4-7-13-17(14)25-18(20-13)21-15(23)9-10-19-16(24)11-12-5-2-1-3-6-12/h1-3,5-6H,4,7-11H2,(H,19,24)(H,20,21,23). The molecule has 2 amide bonds. The normalized spacial score (nSPS) is 13.2. The van der Waals surface area contributed by atoms with Crippen molar-refractivity contribution < 1.29 is 14.4 Å². The number of thiazole rings is 1. The summed E-state index contributed by atoms with van der Waals surface area (Å²) in [5.41, 5.74) is 1.72. The number of rotatable bonds is 6. The van der Waals surface area contributed by atoms with Crippen LogP contribution in [0.2, 0.25) is 0 Å². The number of anilines is 1. The van der Waals surface area contributed by atoms with Crippen LogP contribution in [-0.2, 0) is 22.4 Å². The van der Waals surface area contributed by atoms with E-state index in [9.17, 15) is 14.4 Å². The molecule has 0 saturated heterocycles. The lowest BCUT2D eigenvalue weighted by Gasteiger charge is -2.05. The predicted molar refractivity (Wildman–Crippen MR) is 95.8 cm³/mol. The van der Waals surface area contributed by atoms with E-state index in [0.29, 0.717) is 22.9 Å². The molecule has 0 unspecified atom stereocenters. The van der Waals surface area contributed by atoms with E-state index in [1.54, 1.807) is 0 Å². The minimum Gasteiger partial charge on any atom is -0.355 e. The SMILES string of the molecule is O=C(Cc1ccccc1)NCCC(=O)Nc1nc2c(s1)C(=O)CCC2. The molecule has 2 N–H and O–H groups in total. The Morgan fingerprint density at radius 2 is 1.92 bits per heavy atom. The molecular formula is C18H19N3O3S. The number of carbonyl (C=O) groups is 3. The zero-order valence-corrected chi connectivity index (χ0v) is 14.5. The fourth-order valence-electron chi connectivity index (χ4n) is 2.66. The van der Waals surface area contributed by atoms with Gasteiger partial charge in [0.2, 0.25) is 11.8 Å². The van der Waals surface area contributed by atoms with Crippen LogP contribution >= 0.6 is 11.3 Å². The van der Waals surface area contributed by atoms with E-state index < -0.39 is 0 Å². The summed E-state index contributed by atoms with van der Waals surface area (Å²) in [6.45, 7) is 0.265. The monoisotopic (exact) mass is 357 g/mol. The first-order valence-electron chi connectivity index (χ1n) is 8.25. The molecule has 0 spiro atoms. The summed E-state index contributed by atoms with van der Waals surface area (Å²) in [5, 5.41) is 5.90. The number of benzene rings is 1. The lowest BCUT2D eigenvalue weighted by atomic mass is 10.0. The second kappa shape index (κ2) is 8.02. The van der Waals surface area contributed by atoms with Gasteiger partial charge in [-0.05, 0) is 18.4 Å². The van der Waals surface area contributed by atoms with Crippen molar-refractivity contribution in [3.8, 4) is 0 Å². The first-order valence-corrected chi connectivity index (χ1v) is 9.07. The molecule has 0 atom stereocenters. The minimum absolute atomic E-state index is 0.104. The highest BCUT2D eigenvalue weighted by atomic mass is 32.1. The van der Waals surface area contributed by atoms with Gasteiger partial charge in [0.05, 0.1) is 17.0 Å². The number of aromatic nitrogens is 1. The number of carbonyl (C=O) groups excluding carboxylic acids is 3. The van der Waals surface area contributed by atoms with Gasteiger partial charge in [-0.25, -0.2) is 4.98 Å². The molecule has 0 fully saturated rings. The number of nitrogens with zero attached hydrogens (tertiary/aromatic N) is 1. The summed E-state index contributed by atoms with van der Waals surface area (Å²) in [5.74, 6) is -0.236. The van der Waals surface area contributed by atoms with Gasteiger partial charge in [-0.1, -0.05) is 41.7 Å². The van der Waals surface area contributed by atoms with Crippen LogP contribution in [0.1, 0.15) is 40.2 Å². The third kappa shape index (κ3) is 4.73. The van der Waals surface area contributed by atoms with Crippen molar-refractivity contribution in [3.63, 3.8) is 0 Å². The lowest BCUT2D eigenvalue weighted by molar-refractivity contribution is -0.120. The Labute approximate surface area is 149 Å². The number of fused-ring (bicyclic) bond motifs is 1. The molecule has 1 aliphatic carbocycles. The van der Waals surface area contributed by atoms with Gasteiger partial charge < -0.3 is 10.6 Å². The average Bonchev–Trinajstić information content (AvgIpc) is 2.99. The van der Waals surface area contributed by atoms with Crippen molar-refractivity contribution >= 4 is 34.1 Å². The Bertz CT molecular complexity index is 786. The number of aryl methyl sites for hydroxylation is 1. The van der Waals surface area contributed by atoms with Crippen molar-refractivity contribution in [1.29, 1.82) is 0 Å². The first kappa shape index (κ1) is 17.3. The summed E-state index contributed by atoms with van der Waals surface area (Å²) in [4.78, 5) is 40.6. The highest BCUT2D eigenvalue weighted by Gasteiger charge is 2.22. The average molecular weight is 357 g/mol. The maximum absolute atomic E-state index is 12.0. The van der Waals surface area contributed by atoms with Gasteiger partial charge in [-0.2, -0.15) is 0 Å². The van der Waals surface area contributed by atoms with E-state index in [2.05, 4.69) is 15.6 Å². The fourth-order valence-corrected chi connectivity index (χ4v) is 3.66. The van der Waals surface area contributed by atoms with E-state index in [0.717, 1.165) is 24.1 Å². The molecule has 1 aromatic carbocycles. The second-order valence-electron chi connectivity index (χ2n) is 5.88. The van der Waals surface area contributed by atoms with E-state index in [1.807, 2.05) is 30.3 Å². The molecule has 1 aliphatic rings. The van der Waals surface area contributed by atoms with Crippen LogP contribution in [0.25, 0.3) is 0 Å². The van der Waals surface area contributed by atoms with Crippen LogP contribution in [0.5, 0.6) is 0 Å². The van der Waals surface area contributed by atoms with E-state index in [4.69, 9.17) is 0 Å². The molecule has 2 aromatic rings. The van der Waals surface area contributed by atoms with Gasteiger partial charge >= 0.3 is 0 Å². The highest BCUT2D eigenvalue weighted by Crippen LogP contribution is 2.29. The number of hydrogen-bond donors (Lipinski definition) is 2. The number of nitrogens with one attached hydrogen (secondary N) is 2. The molecular weight excluding hydrogens is 338 g/mol. The van der Waals surface area contributed by atoms with Gasteiger partial charge in [0.15, 0.2) is 10.9 Å².